The molecule has 0 spiro atoms. The number of anilines is 1. The number of nitrogens with one attached hydrogen (secondary N) is 3. The number of nitrogens with zero attached hydrogens (tertiary/aromatic N) is 2. The predicted molar refractivity (Wildman–Crippen MR) is 83.9 cm³/mol. The number of rotatable bonds is 1. The summed E-state index contributed by atoms with van der Waals surface area (Å²) in [6.07, 6.45) is 1.72. The summed E-state index contributed by atoms with van der Waals surface area (Å²) in [6, 6.07) is 8.07. The summed E-state index contributed by atoms with van der Waals surface area (Å²) >= 11 is 1.19. The van der Waals surface area contributed by atoms with Crippen LogP contribution in [-0.4, -0.2) is 21.3 Å². The molecule has 4 N–H and O–H groups in total. The zero-order valence-corrected chi connectivity index (χ0v) is 11.9. The number of fused-ring (bicyclic) bond motifs is 2. The van der Waals surface area contributed by atoms with Crippen molar-refractivity contribution in [2.24, 2.45) is 4.99 Å². The topological polar surface area (TPSA) is 85.3 Å². The first kappa shape index (κ1) is 13.0. The van der Waals surface area contributed by atoms with E-state index in [9.17, 15) is 9.50 Å². The predicted octanol–water partition coefficient (Wildman–Crippen LogP) is 3.12. The van der Waals surface area contributed by atoms with Crippen molar-refractivity contribution in [3.8, 4) is 5.75 Å². The van der Waals surface area contributed by atoms with Crippen LogP contribution in [0.15, 0.2) is 46.4 Å². The first-order valence-corrected chi connectivity index (χ1v) is 7.25. The summed E-state index contributed by atoms with van der Waals surface area (Å²) < 4.78 is 16.2. The number of guanidine groups is 1. The van der Waals surface area contributed by atoms with Crippen LogP contribution in [-0.2, 0) is 0 Å². The number of hydrogen-bond donors (Lipinski definition) is 4. The van der Waals surface area contributed by atoms with E-state index in [-0.39, 0.29) is 5.75 Å². The molecule has 3 aromatic rings. The molecule has 6 nitrogen and oxygen atoms in total. The normalized spacial score (nSPS) is 13.4. The van der Waals surface area contributed by atoms with Gasteiger partial charge in [-0.25, -0.2) is 9.38 Å². The third-order valence-corrected chi connectivity index (χ3v) is 4.07. The summed E-state index contributed by atoms with van der Waals surface area (Å²) in [4.78, 5) is 4.83. The molecule has 1 aliphatic rings. The Morgan fingerprint density at radius 2 is 2.18 bits per heavy atom. The quantitative estimate of drug-likeness (QED) is 0.518. The fraction of sp³-hybridized carbons (Fsp3) is 0. The van der Waals surface area contributed by atoms with Crippen molar-refractivity contribution in [2.45, 2.75) is 4.90 Å². The third kappa shape index (κ3) is 2.13. The Morgan fingerprint density at radius 3 is 3.09 bits per heavy atom. The number of H-pyrrole nitrogens is 1. The Bertz CT molecular complexity index is 907. The molecule has 0 radical (unpaired) electrons. The molecule has 0 aliphatic carbocycles. The Hall–Kier alpha value is -2.74. The number of phenols is 1. The van der Waals surface area contributed by atoms with E-state index < -0.39 is 5.82 Å². The lowest BCUT2D eigenvalue weighted by Crippen LogP contribution is -2.26. The standard InChI is InChI=1S/C14H10FN5OS/c15-7-4-11(21)13-12(5-7)22-20-14(18-13)17-9-2-1-3-10-8(9)6-16-19-10/h1-6,21H,(H,16,19)(H2,17,18,20). The van der Waals surface area contributed by atoms with Gasteiger partial charge >= 0.3 is 0 Å². The van der Waals surface area contributed by atoms with Gasteiger partial charge in [0.1, 0.15) is 17.3 Å². The van der Waals surface area contributed by atoms with Crippen molar-refractivity contribution >= 4 is 40.2 Å². The summed E-state index contributed by atoms with van der Waals surface area (Å²) in [5.41, 5.74) is 2.06. The van der Waals surface area contributed by atoms with Crippen molar-refractivity contribution < 1.29 is 9.50 Å². The Kier molecular flexibility index (Phi) is 2.90. The molecular weight excluding hydrogens is 305 g/mol. The monoisotopic (exact) mass is 315 g/mol. The number of aromatic amines is 1. The van der Waals surface area contributed by atoms with Gasteiger partial charge in [-0.15, -0.1) is 0 Å². The van der Waals surface area contributed by atoms with E-state index in [4.69, 9.17) is 0 Å². The molecule has 2 aromatic carbocycles. The average molecular weight is 315 g/mol. The van der Waals surface area contributed by atoms with Gasteiger partial charge in [0.25, 0.3) is 0 Å². The fourth-order valence-electron chi connectivity index (χ4n) is 2.25. The number of aromatic hydroxyl groups is 1. The van der Waals surface area contributed by atoms with E-state index in [0.29, 0.717) is 16.5 Å². The summed E-state index contributed by atoms with van der Waals surface area (Å²) in [5, 5.41) is 20.8. The van der Waals surface area contributed by atoms with E-state index >= 15 is 0 Å². The number of phenolic OH excluding ortho intramolecular Hbond substituents is 1. The molecule has 1 aromatic heterocycles. The highest BCUT2D eigenvalue weighted by atomic mass is 32.2. The van der Waals surface area contributed by atoms with Crippen LogP contribution in [0, 0.1) is 5.82 Å². The number of hydrogen-bond acceptors (Lipinski definition) is 6. The minimum atomic E-state index is -0.500. The molecule has 0 atom stereocenters. The molecule has 8 heteroatoms. The molecule has 4 rings (SSSR count). The number of aromatic nitrogens is 2. The smallest absolute Gasteiger partial charge is 0.211 e. The molecule has 0 unspecified atom stereocenters. The highest BCUT2D eigenvalue weighted by molar-refractivity contribution is 7.98. The lowest BCUT2D eigenvalue weighted by atomic mass is 10.2. The van der Waals surface area contributed by atoms with Crippen LogP contribution < -0.4 is 10.0 Å². The molecule has 110 valence electrons. The fourth-order valence-corrected chi connectivity index (χ4v) is 2.97. The minimum Gasteiger partial charge on any atom is -0.506 e. The zero-order chi connectivity index (χ0) is 15.1. The molecule has 1 aliphatic heterocycles. The van der Waals surface area contributed by atoms with Crippen LogP contribution in [0.4, 0.5) is 15.8 Å². The molecule has 22 heavy (non-hydrogen) atoms. The summed E-state index contributed by atoms with van der Waals surface area (Å²) in [7, 11) is 0. The van der Waals surface area contributed by atoms with Crippen LogP contribution in [0.25, 0.3) is 10.9 Å². The maximum Gasteiger partial charge on any atom is 0.211 e. The van der Waals surface area contributed by atoms with E-state index in [2.05, 4.69) is 25.2 Å². The van der Waals surface area contributed by atoms with Gasteiger partial charge in [-0.3, -0.25) is 9.82 Å². The molecule has 2 heterocycles. The van der Waals surface area contributed by atoms with Crippen LogP contribution in [0.1, 0.15) is 0 Å². The van der Waals surface area contributed by atoms with E-state index in [0.717, 1.165) is 22.7 Å². The van der Waals surface area contributed by atoms with Gasteiger partial charge in [-0.05, 0) is 30.1 Å². The number of benzene rings is 2. The lowest BCUT2D eigenvalue weighted by molar-refractivity contribution is 0.468. The number of aliphatic imine (C=N–C) groups is 1. The Morgan fingerprint density at radius 1 is 1.27 bits per heavy atom. The third-order valence-electron chi connectivity index (χ3n) is 3.24. The van der Waals surface area contributed by atoms with Gasteiger partial charge in [0.2, 0.25) is 5.96 Å². The van der Waals surface area contributed by atoms with Crippen LogP contribution >= 0.6 is 11.9 Å². The molecule has 0 fully saturated rings. The minimum absolute atomic E-state index is 0.190. The highest BCUT2D eigenvalue weighted by Gasteiger charge is 2.18. The Labute approximate surface area is 128 Å². The Balaban J connectivity index is 1.72. The van der Waals surface area contributed by atoms with Gasteiger partial charge in [0.05, 0.1) is 22.3 Å². The van der Waals surface area contributed by atoms with Crippen LogP contribution in [0.3, 0.4) is 0 Å². The second-order valence-electron chi connectivity index (χ2n) is 4.70. The molecule has 0 bridgehead atoms. The maximum absolute atomic E-state index is 13.3. The molecule has 0 amide bonds. The maximum atomic E-state index is 13.3. The van der Waals surface area contributed by atoms with E-state index in [1.54, 1.807) is 6.20 Å². The van der Waals surface area contributed by atoms with Gasteiger partial charge in [-0.2, -0.15) is 5.10 Å². The second kappa shape index (κ2) is 4.92. The van der Waals surface area contributed by atoms with Crippen LogP contribution in [0.2, 0.25) is 0 Å². The van der Waals surface area contributed by atoms with Crippen molar-refractivity contribution in [2.75, 3.05) is 5.32 Å². The SMILES string of the molecule is Oc1cc(F)cc2c1N=C(Nc1cccc3[nH]ncc13)NS2. The first-order chi connectivity index (χ1) is 10.7. The van der Waals surface area contributed by atoms with Gasteiger partial charge in [-0.1, -0.05) is 6.07 Å². The van der Waals surface area contributed by atoms with E-state index in [1.165, 1.54) is 18.0 Å². The van der Waals surface area contributed by atoms with Gasteiger partial charge in [0.15, 0.2) is 0 Å². The van der Waals surface area contributed by atoms with Crippen LogP contribution in [0.5, 0.6) is 5.75 Å². The number of halogens is 1. The molecule has 0 saturated carbocycles. The molecule has 0 saturated heterocycles. The average Bonchev–Trinajstić information content (AvgIpc) is 2.97. The first-order valence-electron chi connectivity index (χ1n) is 6.44. The highest BCUT2D eigenvalue weighted by Crippen LogP contribution is 2.39. The van der Waals surface area contributed by atoms with Crippen molar-refractivity contribution in [1.82, 2.24) is 14.9 Å². The van der Waals surface area contributed by atoms with Crippen molar-refractivity contribution in [3.63, 3.8) is 0 Å². The molecular formula is C14H10FN5OS. The van der Waals surface area contributed by atoms with Crippen molar-refractivity contribution in [3.05, 3.63) is 42.3 Å². The summed E-state index contributed by atoms with van der Waals surface area (Å²) in [5.74, 6) is -0.238. The second-order valence-corrected chi connectivity index (χ2v) is 5.55. The van der Waals surface area contributed by atoms with Gasteiger partial charge < -0.3 is 10.4 Å². The van der Waals surface area contributed by atoms with E-state index in [1.807, 2.05) is 18.2 Å². The largest absolute Gasteiger partial charge is 0.506 e. The van der Waals surface area contributed by atoms with Crippen molar-refractivity contribution in [1.29, 1.82) is 0 Å². The zero-order valence-electron chi connectivity index (χ0n) is 11.1. The van der Waals surface area contributed by atoms with Gasteiger partial charge in [0, 0.05) is 11.5 Å². The summed E-state index contributed by atoms with van der Waals surface area (Å²) in [6.45, 7) is 0. The lowest BCUT2D eigenvalue weighted by Gasteiger charge is -2.18.